The van der Waals surface area contributed by atoms with Crippen LogP contribution in [-0.4, -0.2) is 256 Å². The topological polar surface area (TPSA) is 456 Å². The maximum atomic E-state index is 14.1. The van der Waals surface area contributed by atoms with Crippen LogP contribution in [-0.2, 0) is 102 Å². The number of aliphatic hydroxyl groups is 3. The second-order valence-corrected chi connectivity index (χ2v) is 37.5. The maximum absolute atomic E-state index is 14.1. The lowest BCUT2D eigenvalue weighted by Gasteiger charge is -2.69. The molecule has 6 aromatic rings. The number of aromatic nitrogens is 4. The zero-order valence-electron chi connectivity index (χ0n) is 66.9. The number of rotatable bonds is 33. The number of pyridine rings is 1. The molecule has 4 bridgehead atoms. The molecule has 634 valence electrons. The number of ether oxygens (including phenoxy) is 4. The first-order valence-electron chi connectivity index (χ1n) is 39.5. The van der Waals surface area contributed by atoms with E-state index in [0.29, 0.717) is 70.4 Å². The number of anilines is 2. The number of thioether (sulfide) groups is 1. The lowest BCUT2D eigenvalue weighted by Crippen LogP contribution is -2.64. The Labute approximate surface area is 690 Å². The molecule has 4 saturated carbocycles. The molecule has 12 atom stereocenters. The molecule has 7 fully saturated rings. The summed E-state index contributed by atoms with van der Waals surface area (Å²) >= 11 is 2.54. The number of nitrogens with one attached hydrogen (secondary N) is 3. The van der Waals surface area contributed by atoms with Gasteiger partial charge in [0.25, 0.3) is 16.0 Å². The van der Waals surface area contributed by atoms with Crippen molar-refractivity contribution in [2.75, 3.05) is 68.7 Å². The van der Waals surface area contributed by atoms with E-state index < -0.39 is 154 Å². The number of ketones is 1. The lowest BCUT2D eigenvalue weighted by molar-refractivity contribution is -0.248. The van der Waals surface area contributed by atoms with Crippen LogP contribution in [0.15, 0.2) is 79.0 Å². The van der Waals surface area contributed by atoms with Crippen LogP contribution < -0.4 is 20.9 Å². The number of carbonyl (C=O) groups excluding carboxylic acids is 8. The van der Waals surface area contributed by atoms with Crippen LogP contribution in [0.5, 0.6) is 0 Å². The van der Waals surface area contributed by atoms with E-state index in [9.17, 15) is 86.4 Å². The normalized spacial score (nSPS) is 26.6. The number of imide groups is 1. The van der Waals surface area contributed by atoms with Gasteiger partial charge in [0.1, 0.15) is 42.8 Å². The quantitative estimate of drug-likeness (QED) is 0.0134. The van der Waals surface area contributed by atoms with Crippen LogP contribution in [0.3, 0.4) is 0 Å². The number of thiazole rings is 1. The molecule has 14 rings (SSSR count). The average molecular weight is 1690 g/mol. The number of para-hydroxylation sites is 1. The highest BCUT2D eigenvalue weighted by atomic mass is 32.2. The largest absolute Gasteiger partial charge is 0.479 e. The number of hydrogen-bond acceptors (Lipinski definition) is 25. The molecule has 4 unspecified atom stereocenters. The minimum absolute atomic E-state index is 0.00532. The number of likely N-dealkylation sites (tertiary alicyclic amines) is 2. The number of aryl methyl sites for hydroxylation is 1. The van der Waals surface area contributed by atoms with E-state index in [2.05, 4.69) is 34.8 Å². The molecule has 7 heterocycles. The van der Waals surface area contributed by atoms with Gasteiger partial charge in [-0.1, -0.05) is 81.5 Å². The number of carboxylic acid groups (broad SMARTS) is 2. The Hall–Kier alpha value is -9.37. The number of Topliss-reactive ketones (excluding diaryl/α,β-unsaturated/α-hetero) is 1. The Morgan fingerprint density at radius 3 is 2.29 bits per heavy atom. The number of hydrogen-bond donors (Lipinski definition) is 9. The first-order valence-corrected chi connectivity index (χ1v) is 43.3. The highest BCUT2D eigenvalue weighted by molar-refractivity contribution is 8.00. The van der Waals surface area contributed by atoms with Gasteiger partial charge in [-0.25, -0.2) is 24.4 Å². The monoisotopic (exact) mass is 1690 g/mol. The summed E-state index contributed by atoms with van der Waals surface area (Å²) in [5.74, 6) is -7.94. The van der Waals surface area contributed by atoms with Crippen LogP contribution in [0, 0.1) is 29.1 Å². The Balaban J connectivity index is 0.637. The van der Waals surface area contributed by atoms with Crippen molar-refractivity contribution >= 4 is 114 Å². The van der Waals surface area contributed by atoms with Crippen LogP contribution in [0.25, 0.3) is 21.3 Å². The fourth-order valence-electron chi connectivity index (χ4n) is 19.6. The van der Waals surface area contributed by atoms with Gasteiger partial charge in [0.05, 0.1) is 77.6 Å². The SMILES string of the molecule is CSC1CC(=O)N([C@H]2C[C@@H](COCCS(=O)(=O)O)N(CC(=O)N[C@H](C(=O)N[C@@H](C)C(=O)Cc3ccc(COC(=O)N(C)CCOC45CC6(C)CC(C)(CC(Cn7ncc(-c8ccc(N9CCc%10cccc(C(=O)Nc%11nc%12ccccc%12s%11)c%10C9)nc8C(=O)O)c7C)(C6)C4)C5)c(CCC4O[C@H](C(=O)O)[C@@H](O)[C@H](O)[C@H]4O)c3)C(C)C)C2=O)C1=O. The van der Waals surface area contributed by atoms with Gasteiger partial charge in [0.15, 0.2) is 22.7 Å². The molecule has 8 aliphatic rings. The molecule has 7 amide bonds. The number of carbonyl (C=O) groups is 10. The fraction of sp³-hybridized carbons (Fsp3) is 0.549. The van der Waals surface area contributed by atoms with Crippen molar-refractivity contribution in [3.63, 3.8) is 0 Å². The minimum atomic E-state index is -4.42. The van der Waals surface area contributed by atoms with E-state index in [1.165, 1.54) is 23.2 Å². The molecular weight excluding hydrogens is 1590 g/mol. The lowest BCUT2D eigenvalue weighted by atomic mass is 9.39. The van der Waals surface area contributed by atoms with E-state index in [0.717, 1.165) is 87.1 Å². The maximum Gasteiger partial charge on any atom is 0.409 e. The molecule has 0 spiro atoms. The highest BCUT2D eigenvalue weighted by Gasteiger charge is 2.66. The second-order valence-electron chi connectivity index (χ2n) is 33.9. The van der Waals surface area contributed by atoms with Crippen LogP contribution in [0.4, 0.5) is 15.7 Å². The van der Waals surface area contributed by atoms with Crippen LogP contribution in [0.1, 0.15) is 147 Å². The summed E-state index contributed by atoms with van der Waals surface area (Å²) < 4.78 is 59.1. The summed E-state index contributed by atoms with van der Waals surface area (Å²) in [6.45, 7) is 11.3. The minimum Gasteiger partial charge on any atom is -0.479 e. The Kier molecular flexibility index (Phi) is 25.5. The van der Waals surface area contributed by atoms with E-state index in [4.69, 9.17) is 29.0 Å². The predicted octanol–water partition coefficient (Wildman–Crippen LogP) is 5.77. The smallest absolute Gasteiger partial charge is 0.409 e. The molecule has 118 heavy (non-hydrogen) atoms. The number of likely N-dealkylation sites (N-methyl/N-ethyl adjacent to an activating group) is 1. The summed E-state index contributed by atoms with van der Waals surface area (Å²) in [4.78, 5) is 150. The highest BCUT2D eigenvalue weighted by Crippen LogP contribution is 2.72. The van der Waals surface area contributed by atoms with Crippen molar-refractivity contribution in [1.29, 1.82) is 0 Å². The number of benzene rings is 3. The summed E-state index contributed by atoms with van der Waals surface area (Å²) in [5.41, 5.74) is 5.27. The molecule has 3 aromatic heterocycles. The second kappa shape index (κ2) is 34.8. The Morgan fingerprint density at radius 1 is 0.847 bits per heavy atom. The van der Waals surface area contributed by atoms with Crippen molar-refractivity contribution in [1.82, 2.24) is 45.1 Å². The van der Waals surface area contributed by atoms with Gasteiger partial charge in [-0.15, -0.1) is 0 Å². The fourth-order valence-corrected chi connectivity index (χ4v) is 21.4. The molecule has 36 heteroatoms. The zero-order chi connectivity index (χ0) is 84.8. The summed E-state index contributed by atoms with van der Waals surface area (Å²) in [6.07, 6.45) is -0.910. The van der Waals surface area contributed by atoms with Gasteiger partial charge >= 0.3 is 18.0 Å². The van der Waals surface area contributed by atoms with Gasteiger partial charge in [-0.05, 0) is 165 Å². The zero-order valence-corrected chi connectivity index (χ0v) is 69.4. The van der Waals surface area contributed by atoms with Gasteiger partial charge in [0, 0.05) is 68.5 Å². The average Bonchev–Trinajstić information content (AvgIpc) is 0.711. The van der Waals surface area contributed by atoms with E-state index >= 15 is 0 Å². The van der Waals surface area contributed by atoms with Crippen molar-refractivity contribution in [3.05, 3.63) is 124 Å². The summed E-state index contributed by atoms with van der Waals surface area (Å²) in [7, 11) is -2.83. The van der Waals surface area contributed by atoms with E-state index in [1.54, 1.807) is 63.7 Å². The standard InChI is InChI=1S/C82H101N11O22S3/c1-44(2)65(87-63(95)34-91-51(36-112-26-27-118(109,110)111)30-57(73(91)102)93-64(96)31-61(116-8)74(93)103)72(101)84-45(3)58(94)29-47-16-17-50(49(28-47)18-20-59-67(97)68(98)69(99)70(115-59)76(106)107)35-113-78(108)89(7)24-25-114-82-40-79(5)37-80(6,41-82)39-81(38-79,42-82)43-92-46(4)54(32-83-92)52-19-21-62(86-66(52)75(104)105)90-23-22-48-12-11-13-53(55(48)33-90)71(100)88-77-85-56-14-9-10-15-60(56)117-77/h9-17,19,21,28,32,44-45,51,57,59,61,65,67-70,97-99H,18,20,22-27,29-31,33-43H2,1-8H3,(H,84,101)(H,87,95)(H,104,105)(H,106,107)(H,85,88,100)(H,109,110,111)/t45-,51-,57-,59?,61?,65-,67-,68+,69-,70-,79?,80?,81?,82?/m0/s1. The summed E-state index contributed by atoms with van der Waals surface area (Å²) in [6, 6.07) is 17.2. The molecule has 4 aliphatic carbocycles. The van der Waals surface area contributed by atoms with Gasteiger partial charge in [0.2, 0.25) is 29.5 Å². The van der Waals surface area contributed by atoms with E-state index in [1.807, 2.05) is 59.0 Å². The molecule has 9 N–H and O–H groups in total. The van der Waals surface area contributed by atoms with Gasteiger partial charge in [-0.2, -0.15) is 25.3 Å². The molecule has 4 aliphatic heterocycles. The van der Waals surface area contributed by atoms with Crippen molar-refractivity contribution in [2.45, 2.75) is 204 Å². The van der Waals surface area contributed by atoms with Crippen molar-refractivity contribution in [3.8, 4) is 11.1 Å². The van der Waals surface area contributed by atoms with E-state index in [-0.39, 0.29) is 86.3 Å². The third-order valence-electron chi connectivity index (χ3n) is 24.2. The molecule has 3 aromatic carbocycles. The molecule has 33 nitrogen and oxygen atoms in total. The Morgan fingerprint density at radius 2 is 1.59 bits per heavy atom. The first-order chi connectivity index (χ1) is 55.8. The Bertz CT molecular complexity index is 4990. The van der Waals surface area contributed by atoms with Crippen molar-refractivity contribution in [2.24, 2.45) is 22.2 Å². The number of nitrogens with zero attached hydrogens (tertiary/aromatic N) is 8. The first kappa shape index (κ1) is 86.5. The summed E-state index contributed by atoms with van der Waals surface area (Å²) in [5, 5.41) is 65.8. The number of aliphatic hydroxyl groups excluding tert-OH is 3. The number of fused-ring (bicyclic) bond motifs is 2. The molecule has 0 radical (unpaired) electrons. The number of aromatic carboxylic acids is 1. The molecular formula is C82H101N11O22S3. The van der Waals surface area contributed by atoms with Crippen molar-refractivity contribution < 1.29 is 105 Å². The van der Waals surface area contributed by atoms with Crippen LogP contribution >= 0.6 is 23.1 Å². The van der Waals surface area contributed by atoms with Crippen LogP contribution in [0.2, 0.25) is 0 Å². The number of amides is 7. The third-order valence-corrected chi connectivity index (χ3v) is 26.8. The van der Waals surface area contributed by atoms with Gasteiger partial charge in [-0.3, -0.25) is 53.0 Å². The number of aliphatic carboxylic acids is 1. The predicted molar refractivity (Wildman–Crippen MR) is 431 cm³/mol. The molecule has 3 saturated heterocycles. The third kappa shape index (κ3) is 18.8. The number of carboxylic acids is 2. The van der Waals surface area contributed by atoms with Gasteiger partial charge < -0.3 is 69.8 Å².